The minimum atomic E-state index is -0.642. The summed E-state index contributed by atoms with van der Waals surface area (Å²) in [4.78, 5) is 26.5. The van der Waals surface area contributed by atoms with Crippen LogP contribution in [0.3, 0.4) is 0 Å². The van der Waals surface area contributed by atoms with Gasteiger partial charge in [-0.05, 0) is 36.8 Å². The second-order valence-electron chi connectivity index (χ2n) is 6.24. The molecule has 0 N–H and O–H groups in total. The molecule has 0 fully saturated rings. The Morgan fingerprint density at radius 3 is 2.55 bits per heavy atom. The van der Waals surface area contributed by atoms with E-state index >= 15 is 0 Å². The molecule has 8 nitrogen and oxygen atoms in total. The fraction of sp³-hybridized carbons (Fsp3) is 0.333. The maximum Gasteiger partial charge on any atom is 0.342 e. The molecule has 8 heteroatoms. The summed E-state index contributed by atoms with van der Waals surface area (Å²) in [7, 11) is 2.96. The Bertz CT molecular complexity index is 897. The molecule has 0 saturated heterocycles. The summed E-state index contributed by atoms with van der Waals surface area (Å²) in [6, 6.07) is 10.3. The van der Waals surface area contributed by atoms with Gasteiger partial charge in [-0.2, -0.15) is 0 Å². The first-order valence-electron chi connectivity index (χ1n) is 9.11. The zero-order chi connectivity index (χ0) is 20.8. The van der Waals surface area contributed by atoms with Crippen LogP contribution < -0.4 is 18.9 Å². The van der Waals surface area contributed by atoms with Gasteiger partial charge in [0.1, 0.15) is 17.1 Å². The second-order valence-corrected chi connectivity index (χ2v) is 6.24. The second kappa shape index (κ2) is 9.18. The van der Waals surface area contributed by atoms with Gasteiger partial charge in [0.2, 0.25) is 6.79 Å². The lowest BCUT2D eigenvalue weighted by Gasteiger charge is -2.21. The number of carbonyl (C=O) groups is 2. The van der Waals surface area contributed by atoms with Crippen LogP contribution >= 0.6 is 0 Å². The first-order valence-corrected chi connectivity index (χ1v) is 9.11. The summed E-state index contributed by atoms with van der Waals surface area (Å²) in [6.07, 6.45) is 0. The van der Waals surface area contributed by atoms with E-state index in [0.717, 1.165) is 5.56 Å². The fourth-order valence-electron chi connectivity index (χ4n) is 2.90. The number of fused-ring (bicyclic) bond motifs is 1. The lowest BCUT2D eigenvalue weighted by molar-refractivity contribution is -0.134. The number of nitrogens with zero attached hydrogens (tertiary/aromatic N) is 1. The van der Waals surface area contributed by atoms with Gasteiger partial charge in [0.25, 0.3) is 5.91 Å². The number of esters is 1. The molecule has 3 rings (SSSR count). The molecule has 0 atom stereocenters. The molecule has 0 unspecified atom stereocenters. The molecule has 0 aliphatic carbocycles. The van der Waals surface area contributed by atoms with Crippen molar-refractivity contribution in [1.82, 2.24) is 4.90 Å². The number of hydrogen-bond donors (Lipinski definition) is 0. The fourth-order valence-corrected chi connectivity index (χ4v) is 2.90. The highest BCUT2D eigenvalue weighted by Crippen LogP contribution is 2.32. The van der Waals surface area contributed by atoms with Gasteiger partial charge in [-0.3, -0.25) is 4.79 Å². The minimum Gasteiger partial charge on any atom is -0.497 e. The van der Waals surface area contributed by atoms with Crippen LogP contribution in [0.4, 0.5) is 0 Å². The van der Waals surface area contributed by atoms with Gasteiger partial charge in [0, 0.05) is 19.2 Å². The van der Waals surface area contributed by atoms with Gasteiger partial charge < -0.3 is 28.6 Å². The van der Waals surface area contributed by atoms with Crippen LogP contribution in [-0.4, -0.2) is 50.9 Å². The molecule has 1 aliphatic rings. The normalized spacial score (nSPS) is 11.7. The molecule has 1 amide bonds. The maximum atomic E-state index is 12.5. The van der Waals surface area contributed by atoms with Crippen molar-refractivity contribution in [2.45, 2.75) is 13.5 Å². The molecule has 0 spiro atoms. The van der Waals surface area contributed by atoms with Crippen LogP contribution in [0.5, 0.6) is 23.0 Å². The van der Waals surface area contributed by atoms with Crippen LogP contribution in [0.15, 0.2) is 36.4 Å². The van der Waals surface area contributed by atoms with E-state index in [0.29, 0.717) is 36.1 Å². The van der Waals surface area contributed by atoms with E-state index in [4.69, 9.17) is 23.7 Å². The number of carbonyl (C=O) groups excluding carboxylic acids is 2. The van der Waals surface area contributed by atoms with Crippen molar-refractivity contribution in [3.8, 4) is 23.0 Å². The van der Waals surface area contributed by atoms with Crippen LogP contribution in [-0.2, 0) is 16.1 Å². The lowest BCUT2D eigenvalue weighted by Crippen LogP contribution is -2.34. The van der Waals surface area contributed by atoms with Crippen molar-refractivity contribution in [3.63, 3.8) is 0 Å². The molecule has 0 radical (unpaired) electrons. The smallest absolute Gasteiger partial charge is 0.342 e. The summed E-state index contributed by atoms with van der Waals surface area (Å²) in [5, 5.41) is 0. The Labute approximate surface area is 168 Å². The molecule has 0 saturated carbocycles. The SMILES string of the molecule is CCN(Cc1ccc2c(c1)OCO2)C(=O)COC(=O)c1ccc(OC)cc1OC. The maximum absolute atomic E-state index is 12.5. The standard InChI is InChI=1S/C21H23NO7/c1-4-22(11-14-5-8-17-19(9-14)29-13-28-17)20(23)12-27-21(24)16-7-6-15(25-2)10-18(16)26-3/h5-10H,4,11-13H2,1-3H3. The summed E-state index contributed by atoms with van der Waals surface area (Å²) in [5.74, 6) is 1.27. The van der Waals surface area contributed by atoms with Gasteiger partial charge in [-0.1, -0.05) is 6.07 Å². The molecule has 29 heavy (non-hydrogen) atoms. The Kier molecular flexibility index (Phi) is 6.43. The number of amides is 1. The van der Waals surface area contributed by atoms with E-state index in [9.17, 15) is 9.59 Å². The average Bonchev–Trinajstić information content (AvgIpc) is 3.22. The molecule has 1 heterocycles. The number of benzene rings is 2. The minimum absolute atomic E-state index is 0.194. The Morgan fingerprint density at radius 1 is 1.03 bits per heavy atom. The van der Waals surface area contributed by atoms with Crippen molar-refractivity contribution >= 4 is 11.9 Å². The number of methoxy groups -OCH3 is 2. The summed E-state index contributed by atoms with van der Waals surface area (Å²) in [6.45, 7) is 2.53. The number of likely N-dealkylation sites (N-methyl/N-ethyl adjacent to an activating group) is 1. The molecule has 154 valence electrons. The number of hydrogen-bond acceptors (Lipinski definition) is 7. The largest absolute Gasteiger partial charge is 0.497 e. The lowest BCUT2D eigenvalue weighted by atomic mass is 10.2. The Morgan fingerprint density at radius 2 is 1.83 bits per heavy atom. The van der Waals surface area contributed by atoms with E-state index in [-0.39, 0.29) is 24.9 Å². The zero-order valence-corrected chi connectivity index (χ0v) is 16.6. The van der Waals surface area contributed by atoms with Crippen LogP contribution in [0.25, 0.3) is 0 Å². The zero-order valence-electron chi connectivity index (χ0n) is 16.6. The van der Waals surface area contributed by atoms with Crippen LogP contribution in [0.1, 0.15) is 22.8 Å². The third-order valence-electron chi connectivity index (χ3n) is 4.50. The molecule has 0 bridgehead atoms. The van der Waals surface area contributed by atoms with E-state index in [2.05, 4.69) is 0 Å². The molecular weight excluding hydrogens is 378 g/mol. The number of rotatable bonds is 8. The molecule has 0 aromatic heterocycles. The Balaban J connectivity index is 1.60. The predicted molar refractivity (Wildman–Crippen MR) is 103 cm³/mol. The summed E-state index contributed by atoms with van der Waals surface area (Å²) in [5.41, 5.74) is 1.12. The van der Waals surface area contributed by atoms with Crippen molar-refractivity contribution in [3.05, 3.63) is 47.5 Å². The van der Waals surface area contributed by atoms with Gasteiger partial charge in [0.05, 0.1) is 14.2 Å². The number of ether oxygens (including phenoxy) is 5. The van der Waals surface area contributed by atoms with Crippen molar-refractivity contribution in [1.29, 1.82) is 0 Å². The van der Waals surface area contributed by atoms with Gasteiger partial charge in [0.15, 0.2) is 18.1 Å². The van der Waals surface area contributed by atoms with Gasteiger partial charge in [-0.25, -0.2) is 4.79 Å². The quantitative estimate of drug-likeness (QED) is 0.629. The van der Waals surface area contributed by atoms with Gasteiger partial charge >= 0.3 is 5.97 Å². The van der Waals surface area contributed by atoms with E-state index < -0.39 is 5.97 Å². The first kappa shape index (κ1) is 20.3. The monoisotopic (exact) mass is 401 g/mol. The highest BCUT2D eigenvalue weighted by molar-refractivity contribution is 5.94. The predicted octanol–water partition coefficient (Wildman–Crippen LogP) is 2.64. The summed E-state index contributed by atoms with van der Waals surface area (Å²) >= 11 is 0. The van der Waals surface area contributed by atoms with E-state index in [1.807, 2.05) is 25.1 Å². The van der Waals surface area contributed by atoms with Crippen molar-refractivity contribution in [2.24, 2.45) is 0 Å². The van der Waals surface area contributed by atoms with E-state index in [1.165, 1.54) is 20.3 Å². The highest BCUT2D eigenvalue weighted by atomic mass is 16.7. The molecular formula is C21H23NO7. The van der Waals surface area contributed by atoms with E-state index in [1.54, 1.807) is 17.0 Å². The highest BCUT2D eigenvalue weighted by Gasteiger charge is 2.20. The molecule has 2 aromatic rings. The topological polar surface area (TPSA) is 83.5 Å². The van der Waals surface area contributed by atoms with Crippen LogP contribution in [0.2, 0.25) is 0 Å². The third kappa shape index (κ3) is 4.71. The molecule has 1 aliphatic heterocycles. The Hall–Kier alpha value is -3.42. The van der Waals surface area contributed by atoms with Crippen molar-refractivity contribution in [2.75, 3.05) is 34.2 Å². The third-order valence-corrected chi connectivity index (χ3v) is 4.50. The summed E-state index contributed by atoms with van der Waals surface area (Å²) < 4.78 is 26.2. The first-order chi connectivity index (χ1) is 14.0. The van der Waals surface area contributed by atoms with Crippen LogP contribution in [0, 0.1) is 0 Å². The van der Waals surface area contributed by atoms with Gasteiger partial charge in [-0.15, -0.1) is 0 Å². The average molecular weight is 401 g/mol. The van der Waals surface area contributed by atoms with Crippen molar-refractivity contribution < 1.29 is 33.3 Å². The molecule has 2 aromatic carbocycles.